The van der Waals surface area contributed by atoms with E-state index >= 15 is 0 Å². The zero-order valence-electron chi connectivity index (χ0n) is 29.1. The number of fused-ring (bicyclic) bond motifs is 1. The number of pyridine rings is 1. The molecular formula is C39H30Cl2F4N8O3. The van der Waals surface area contributed by atoms with Crippen molar-refractivity contribution < 1.29 is 31.8 Å². The fraction of sp³-hybridized carbons (Fsp3) is 0.205. The predicted molar refractivity (Wildman–Crippen MR) is 201 cm³/mol. The molecule has 286 valence electrons. The molecule has 1 saturated heterocycles. The van der Waals surface area contributed by atoms with Gasteiger partial charge < -0.3 is 25.0 Å². The van der Waals surface area contributed by atoms with Crippen LogP contribution < -0.4 is 15.4 Å². The highest BCUT2D eigenvalue weighted by atomic mass is 35.5. The van der Waals surface area contributed by atoms with Gasteiger partial charge in [-0.3, -0.25) is 4.98 Å². The Bertz CT molecular complexity index is 2400. The number of nitrogens with zero attached hydrogens (tertiary/aromatic N) is 6. The number of anilines is 3. The number of likely N-dealkylation sites (tertiary alicyclic amines) is 1. The van der Waals surface area contributed by atoms with Gasteiger partial charge in [0.15, 0.2) is 0 Å². The van der Waals surface area contributed by atoms with Crippen LogP contribution in [0.5, 0.6) is 5.75 Å². The van der Waals surface area contributed by atoms with E-state index in [2.05, 4.69) is 36.7 Å². The quantitative estimate of drug-likeness (QED) is 0.130. The molecule has 1 aliphatic heterocycles. The first-order valence-corrected chi connectivity index (χ1v) is 17.9. The summed E-state index contributed by atoms with van der Waals surface area (Å²) in [5.74, 6) is -1.02. The van der Waals surface area contributed by atoms with Crippen molar-refractivity contribution in [1.82, 2.24) is 24.9 Å². The van der Waals surface area contributed by atoms with Crippen molar-refractivity contribution in [2.45, 2.75) is 37.9 Å². The molecule has 0 spiro atoms. The second-order valence-corrected chi connectivity index (χ2v) is 13.7. The Morgan fingerprint density at radius 2 is 1.71 bits per heavy atom. The van der Waals surface area contributed by atoms with Crippen LogP contribution in [0.4, 0.5) is 39.4 Å². The molecule has 0 aliphatic carbocycles. The number of alkyl halides is 3. The smallest absolute Gasteiger partial charge is 0.445 e. The minimum Gasteiger partial charge on any atom is -0.445 e. The molecule has 17 heteroatoms. The normalized spacial score (nSPS) is 13.9. The van der Waals surface area contributed by atoms with Crippen LogP contribution in [0.15, 0.2) is 97.3 Å². The van der Waals surface area contributed by atoms with E-state index < -0.39 is 30.1 Å². The summed E-state index contributed by atoms with van der Waals surface area (Å²) in [6, 6.07) is 23.3. The molecule has 0 radical (unpaired) electrons. The summed E-state index contributed by atoms with van der Waals surface area (Å²) in [4.78, 5) is 18.8. The summed E-state index contributed by atoms with van der Waals surface area (Å²) in [5.41, 5.74) is 3.54. The monoisotopic (exact) mass is 804 g/mol. The highest BCUT2D eigenvalue weighted by Gasteiger charge is 2.31. The fourth-order valence-electron chi connectivity index (χ4n) is 6.36. The zero-order valence-corrected chi connectivity index (χ0v) is 30.6. The summed E-state index contributed by atoms with van der Waals surface area (Å²) in [7, 11) is 0. The molecule has 6 aromatic rings. The predicted octanol–water partition coefficient (Wildman–Crippen LogP) is 9.96. The first-order valence-electron chi connectivity index (χ1n) is 17.2. The molecular weight excluding hydrogens is 775 g/mol. The lowest BCUT2D eigenvalue weighted by atomic mass is 10.0. The summed E-state index contributed by atoms with van der Waals surface area (Å²) < 4.78 is 64.2. The number of nitrogens with one attached hydrogen (secondary N) is 2. The first kappa shape index (κ1) is 38.2. The number of piperidine rings is 1. The number of carbonyl (C=O) groups is 1. The largest absolute Gasteiger partial charge is 0.573 e. The van der Waals surface area contributed by atoms with E-state index in [1.165, 1.54) is 48.7 Å². The van der Waals surface area contributed by atoms with Crippen LogP contribution in [0.25, 0.3) is 10.9 Å². The second kappa shape index (κ2) is 16.3. The summed E-state index contributed by atoms with van der Waals surface area (Å²) in [5, 5.41) is 25.9. The van der Waals surface area contributed by atoms with Gasteiger partial charge in [-0.05, 0) is 66.4 Å². The Morgan fingerprint density at radius 3 is 2.41 bits per heavy atom. The molecule has 0 saturated carbocycles. The van der Waals surface area contributed by atoms with Crippen molar-refractivity contribution in [1.29, 1.82) is 5.26 Å². The van der Waals surface area contributed by atoms with Crippen molar-refractivity contribution in [3.05, 3.63) is 136 Å². The van der Waals surface area contributed by atoms with Gasteiger partial charge in [0.25, 0.3) is 0 Å². The molecule has 1 aliphatic rings. The molecule has 2 aromatic heterocycles. The molecule has 3 heterocycles. The SMILES string of the molecule is N#Cc1cnc2c(Cl)cc(NC(c3ccc(OC(F)(F)F)cc3)c3cn(C4CCN(C(=O)OCc5ccccc5)CC4)nn3)cc2c1Nc1ccc(F)c(Cl)c1. The number of benzene rings is 4. The number of ether oxygens (including phenoxy) is 2. The first-order chi connectivity index (χ1) is 26.9. The molecule has 11 nitrogen and oxygen atoms in total. The van der Waals surface area contributed by atoms with Gasteiger partial charge in [-0.25, -0.2) is 13.9 Å². The van der Waals surface area contributed by atoms with Gasteiger partial charge >= 0.3 is 12.5 Å². The van der Waals surface area contributed by atoms with E-state index in [-0.39, 0.29) is 28.3 Å². The van der Waals surface area contributed by atoms with E-state index in [4.69, 9.17) is 27.9 Å². The van der Waals surface area contributed by atoms with Gasteiger partial charge in [0, 0.05) is 36.0 Å². The lowest BCUT2D eigenvalue weighted by molar-refractivity contribution is -0.274. The van der Waals surface area contributed by atoms with Crippen molar-refractivity contribution in [3.63, 3.8) is 0 Å². The molecule has 7 rings (SSSR count). The number of carbonyl (C=O) groups excluding carboxylic acids is 1. The Kier molecular flexibility index (Phi) is 11.1. The summed E-state index contributed by atoms with van der Waals surface area (Å²) >= 11 is 12.8. The van der Waals surface area contributed by atoms with Crippen LogP contribution in [0.1, 0.15) is 47.3 Å². The van der Waals surface area contributed by atoms with Crippen LogP contribution in [0.3, 0.4) is 0 Å². The topological polar surface area (TPSA) is 130 Å². The minimum absolute atomic E-state index is 0.100. The van der Waals surface area contributed by atoms with E-state index in [9.17, 15) is 27.6 Å². The lowest BCUT2D eigenvalue weighted by Gasteiger charge is -2.31. The Hall–Kier alpha value is -6.11. The minimum atomic E-state index is -4.88. The maximum Gasteiger partial charge on any atom is 0.573 e. The standard InChI is InChI=1S/C39H30Cl2F4N8O3/c40-31-17-26(8-11-33(31)42)48-35-25(19-46)20-47-37-30(35)16-27(18-32(37)41)49-36(24-6-9-29(10-7-24)56-39(43,44)45)34-21-53(51-50-34)28-12-14-52(15-13-28)38(54)55-22-23-4-2-1-3-5-23/h1-11,16-18,20-21,28,36,49H,12-15,22H2,(H,47,48). The average Bonchev–Trinajstić information content (AvgIpc) is 3.68. The highest BCUT2D eigenvalue weighted by molar-refractivity contribution is 6.36. The number of aromatic nitrogens is 4. The van der Waals surface area contributed by atoms with E-state index in [0.717, 1.165) is 5.56 Å². The number of hydrogen-bond acceptors (Lipinski definition) is 9. The van der Waals surface area contributed by atoms with Crippen LogP contribution in [0.2, 0.25) is 10.0 Å². The number of rotatable bonds is 10. The fourth-order valence-corrected chi connectivity index (χ4v) is 6.81. The third-order valence-electron chi connectivity index (χ3n) is 9.12. The Balaban J connectivity index is 1.16. The van der Waals surface area contributed by atoms with Crippen molar-refractivity contribution in [2.75, 3.05) is 23.7 Å². The van der Waals surface area contributed by atoms with E-state index in [0.29, 0.717) is 65.2 Å². The third-order valence-corrected chi connectivity index (χ3v) is 9.70. The molecule has 0 bridgehead atoms. The van der Waals surface area contributed by atoms with Crippen molar-refractivity contribution in [2.24, 2.45) is 0 Å². The highest BCUT2D eigenvalue weighted by Crippen LogP contribution is 2.38. The van der Waals surface area contributed by atoms with Crippen LogP contribution in [0, 0.1) is 17.1 Å². The maximum atomic E-state index is 13.9. The van der Waals surface area contributed by atoms with Gasteiger partial charge in [0.2, 0.25) is 0 Å². The third kappa shape index (κ3) is 8.88. The average molecular weight is 806 g/mol. The van der Waals surface area contributed by atoms with Crippen molar-refractivity contribution >= 4 is 57.3 Å². The Labute approximate surface area is 327 Å². The van der Waals surface area contributed by atoms with Gasteiger partial charge in [-0.2, -0.15) is 5.26 Å². The number of halogens is 6. The molecule has 1 amide bonds. The molecule has 2 N–H and O–H groups in total. The van der Waals surface area contributed by atoms with E-state index in [1.807, 2.05) is 30.3 Å². The van der Waals surface area contributed by atoms with Gasteiger partial charge in [0.1, 0.15) is 29.9 Å². The maximum absolute atomic E-state index is 13.9. The van der Waals surface area contributed by atoms with Crippen LogP contribution in [-0.2, 0) is 11.3 Å². The number of amides is 1. The number of hydrogen-bond donors (Lipinski definition) is 2. The molecule has 1 atom stereocenters. The summed E-state index contributed by atoms with van der Waals surface area (Å²) in [6.45, 7) is 1.04. The molecule has 56 heavy (non-hydrogen) atoms. The van der Waals surface area contributed by atoms with Crippen LogP contribution in [-0.4, -0.2) is 50.4 Å². The molecule has 4 aromatic carbocycles. The van der Waals surface area contributed by atoms with Crippen molar-refractivity contribution in [3.8, 4) is 11.8 Å². The van der Waals surface area contributed by atoms with Gasteiger partial charge in [-0.15, -0.1) is 18.3 Å². The van der Waals surface area contributed by atoms with Gasteiger partial charge in [0.05, 0.1) is 45.1 Å². The molecule has 1 unspecified atom stereocenters. The van der Waals surface area contributed by atoms with Crippen LogP contribution >= 0.6 is 23.2 Å². The molecule has 1 fully saturated rings. The second-order valence-electron chi connectivity index (χ2n) is 12.8. The van der Waals surface area contributed by atoms with E-state index in [1.54, 1.807) is 27.9 Å². The summed E-state index contributed by atoms with van der Waals surface area (Å²) in [6.07, 6.45) is -1.02. The van der Waals surface area contributed by atoms with Gasteiger partial charge in [-0.1, -0.05) is 70.9 Å². The lowest BCUT2D eigenvalue weighted by Crippen LogP contribution is -2.39. The zero-order chi connectivity index (χ0) is 39.4. The Morgan fingerprint density at radius 1 is 0.982 bits per heavy atom. The number of nitriles is 1.